The highest BCUT2D eigenvalue weighted by Crippen LogP contribution is 2.20. The van der Waals surface area contributed by atoms with Gasteiger partial charge in [-0.2, -0.15) is 4.99 Å². The van der Waals surface area contributed by atoms with Crippen LogP contribution in [0.1, 0.15) is 39.8 Å². The summed E-state index contributed by atoms with van der Waals surface area (Å²) < 4.78 is 0. The van der Waals surface area contributed by atoms with Gasteiger partial charge in [-0.3, -0.25) is 10.1 Å². The zero-order chi connectivity index (χ0) is 23.4. The molecule has 7 nitrogen and oxygen atoms in total. The summed E-state index contributed by atoms with van der Waals surface area (Å²) in [7, 11) is 0. The summed E-state index contributed by atoms with van der Waals surface area (Å²) in [5, 5.41) is 6.72. The number of carbonyl (C=O) groups excluding carboxylic acids is 1. The van der Waals surface area contributed by atoms with Crippen LogP contribution in [0, 0.1) is 13.8 Å². The molecule has 4 rings (SSSR count). The second kappa shape index (κ2) is 9.87. The Bertz CT molecular complexity index is 1200. The number of aryl methyl sites for hydroxylation is 2. The van der Waals surface area contributed by atoms with Gasteiger partial charge in [-0.25, -0.2) is 9.97 Å². The van der Waals surface area contributed by atoms with E-state index < -0.39 is 0 Å². The number of hydrogen-bond donors (Lipinski definition) is 2. The molecule has 2 heterocycles. The molecule has 8 heteroatoms. The predicted octanol–water partition coefficient (Wildman–Crippen LogP) is 4.52. The van der Waals surface area contributed by atoms with Gasteiger partial charge in [0.05, 0.1) is 0 Å². The minimum atomic E-state index is 0.0208. The first-order valence-electron chi connectivity index (χ1n) is 10.8. The summed E-state index contributed by atoms with van der Waals surface area (Å²) in [6, 6.07) is 17.5. The number of benzene rings is 2. The number of rotatable bonds is 3. The fourth-order valence-electron chi connectivity index (χ4n) is 3.77. The van der Waals surface area contributed by atoms with Crippen molar-refractivity contribution in [2.75, 3.05) is 17.2 Å². The van der Waals surface area contributed by atoms with Crippen LogP contribution in [0.15, 0.2) is 59.6 Å². The minimum absolute atomic E-state index is 0.0208. The summed E-state index contributed by atoms with van der Waals surface area (Å²) in [4.78, 5) is 27.4. The number of ketones is 1. The van der Waals surface area contributed by atoms with Crippen LogP contribution in [0.25, 0.3) is 0 Å². The van der Waals surface area contributed by atoms with Gasteiger partial charge in [0, 0.05) is 35.7 Å². The Hall–Kier alpha value is -3.65. The number of aromatic nitrogens is 2. The summed E-state index contributed by atoms with van der Waals surface area (Å²) in [6.45, 7) is 6.92. The molecule has 2 N–H and O–H groups in total. The Morgan fingerprint density at radius 3 is 2.33 bits per heavy atom. The van der Waals surface area contributed by atoms with E-state index >= 15 is 0 Å². The molecule has 33 heavy (non-hydrogen) atoms. The average Bonchev–Trinajstić information content (AvgIpc) is 2.78. The number of Topliss-reactive ketones (excluding diaryl/α,β-unsaturated/α-hetero) is 1. The van der Waals surface area contributed by atoms with Gasteiger partial charge in [0.25, 0.3) is 0 Å². The third-order valence-electron chi connectivity index (χ3n) is 5.39. The monoisotopic (exact) mass is 458 g/mol. The molecule has 0 aliphatic carbocycles. The van der Waals surface area contributed by atoms with Crippen molar-refractivity contribution in [3.8, 4) is 0 Å². The quantitative estimate of drug-likeness (QED) is 0.258. The van der Waals surface area contributed by atoms with Crippen molar-refractivity contribution in [2.24, 2.45) is 4.99 Å². The first-order chi connectivity index (χ1) is 15.9. The van der Waals surface area contributed by atoms with Crippen molar-refractivity contribution in [1.82, 2.24) is 14.9 Å². The molecule has 0 fully saturated rings. The van der Waals surface area contributed by atoms with E-state index in [1.165, 1.54) is 11.1 Å². The van der Waals surface area contributed by atoms with Crippen LogP contribution in [0.4, 0.5) is 11.6 Å². The van der Waals surface area contributed by atoms with Crippen LogP contribution in [0.2, 0.25) is 0 Å². The maximum atomic E-state index is 11.5. The van der Waals surface area contributed by atoms with E-state index in [1.54, 1.807) is 19.1 Å². The fraction of sp³-hybridized carbons (Fsp3) is 0.240. The number of hydrogen-bond acceptors (Lipinski definition) is 4. The van der Waals surface area contributed by atoms with Crippen molar-refractivity contribution in [1.29, 1.82) is 0 Å². The summed E-state index contributed by atoms with van der Waals surface area (Å²) >= 11 is 5.54. The molecule has 0 atom stereocenters. The molecule has 0 amide bonds. The molecule has 1 aliphatic rings. The standard InChI is InChI=1S/C25H26N6OS/c1-16-14-17(2)27-23(26-16)29-24(31-13-12-20-6-4-5-7-21(20)15-31)30-25(33)28-22-10-8-19(9-11-22)18(3)32/h4-11,14H,12-13,15H2,1-3H3,(H2,26,27,28,29,30,33). The van der Waals surface area contributed by atoms with Gasteiger partial charge >= 0.3 is 0 Å². The van der Waals surface area contributed by atoms with E-state index in [0.717, 1.165) is 30.0 Å². The first-order valence-corrected chi connectivity index (χ1v) is 11.2. The summed E-state index contributed by atoms with van der Waals surface area (Å²) in [5.41, 5.74) is 5.77. The van der Waals surface area contributed by atoms with E-state index in [-0.39, 0.29) is 5.78 Å². The summed E-state index contributed by atoms with van der Waals surface area (Å²) in [6.07, 6.45) is 0.914. The molecule has 0 radical (unpaired) electrons. The lowest BCUT2D eigenvalue weighted by Gasteiger charge is -2.31. The zero-order valence-electron chi connectivity index (χ0n) is 18.9. The molecule has 3 aromatic rings. The van der Waals surface area contributed by atoms with Crippen LogP contribution < -0.4 is 10.6 Å². The van der Waals surface area contributed by atoms with Gasteiger partial charge in [-0.15, -0.1) is 0 Å². The highest BCUT2D eigenvalue weighted by atomic mass is 32.1. The first kappa shape index (κ1) is 22.5. The molecule has 0 spiro atoms. The summed E-state index contributed by atoms with van der Waals surface area (Å²) in [5.74, 6) is 1.10. The molecule has 168 valence electrons. The number of anilines is 2. The van der Waals surface area contributed by atoms with Crippen molar-refractivity contribution >= 4 is 40.7 Å². The maximum absolute atomic E-state index is 11.5. The van der Waals surface area contributed by atoms with Crippen LogP contribution in [0.3, 0.4) is 0 Å². The molecular weight excluding hydrogens is 432 g/mol. The van der Waals surface area contributed by atoms with E-state index in [1.807, 2.05) is 32.0 Å². The Balaban J connectivity index is 1.59. The second-order valence-corrected chi connectivity index (χ2v) is 8.43. The van der Waals surface area contributed by atoms with E-state index in [2.05, 4.69) is 54.8 Å². The number of thiocarbonyl (C=S) groups is 1. The topological polar surface area (TPSA) is 82.5 Å². The molecule has 0 saturated heterocycles. The molecule has 0 saturated carbocycles. The van der Waals surface area contributed by atoms with Gasteiger partial charge < -0.3 is 10.2 Å². The molecule has 0 bridgehead atoms. The lowest BCUT2D eigenvalue weighted by atomic mass is 10.0. The number of aliphatic imine (C=N–C) groups is 1. The normalized spacial score (nSPS) is 13.3. The van der Waals surface area contributed by atoms with Crippen molar-refractivity contribution < 1.29 is 4.79 Å². The lowest BCUT2D eigenvalue weighted by molar-refractivity contribution is 0.101. The number of fused-ring (bicyclic) bond motifs is 1. The number of nitrogens with one attached hydrogen (secondary N) is 2. The van der Waals surface area contributed by atoms with Crippen LogP contribution in [0.5, 0.6) is 0 Å². The van der Waals surface area contributed by atoms with Gasteiger partial charge in [0.15, 0.2) is 5.78 Å². The van der Waals surface area contributed by atoms with Crippen LogP contribution in [-0.2, 0) is 13.0 Å². The molecule has 1 aromatic heterocycles. The lowest BCUT2D eigenvalue weighted by Crippen LogP contribution is -2.41. The molecule has 0 unspecified atom stereocenters. The molecule has 2 aromatic carbocycles. The smallest absolute Gasteiger partial charge is 0.229 e. The molecule has 1 aliphatic heterocycles. The van der Waals surface area contributed by atoms with Crippen LogP contribution in [-0.4, -0.2) is 38.3 Å². The largest absolute Gasteiger partial charge is 0.338 e. The number of nitrogens with zero attached hydrogens (tertiary/aromatic N) is 4. The SMILES string of the molecule is CC(=O)c1ccc(NC(=S)/N=C(/Nc2nc(C)cc(C)n2)N2CCc3ccccc3C2)cc1. The number of guanidine groups is 1. The Labute approximate surface area is 199 Å². The van der Waals surface area contributed by atoms with Crippen molar-refractivity contribution in [2.45, 2.75) is 33.7 Å². The molecular formula is C25H26N6OS. The van der Waals surface area contributed by atoms with Crippen molar-refractivity contribution in [3.05, 3.63) is 82.7 Å². The fourth-order valence-corrected chi connectivity index (χ4v) is 3.98. The van der Waals surface area contributed by atoms with Gasteiger partial charge in [0.1, 0.15) is 0 Å². The van der Waals surface area contributed by atoms with Crippen molar-refractivity contribution in [3.63, 3.8) is 0 Å². The third-order valence-corrected chi connectivity index (χ3v) is 5.58. The van der Waals surface area contributed by atoms with E-state index in [4.69, 9.17) is 12.2 Å². The minimum Gasteiger partial charge on any atom is -0.338 e. The van der Waals surface area contributed by atoms with Gasteiger partial charge in [-0.1, -0.05) is 24.3 Å². The third kappa shape index (κ3) is 5.78. The van der Waals surface area contributed by atoms with E-state index in [9.17, 15) is 4.79 Å². The van der Waals surface area contributed by atoms with E-state index in [0.29, 0.717) is 29.1 Å². The number of carbonyl (C=O) groups is 1. The second-order valence-electron chi connectivity index (χ2n) is 8.04. The Morgan fingerprint density at radius 1 is 1.00 bits per heavy atom. The van der Waals surface area contributed by atoms with Gasteiger partial charge in [-0.05, 0) is 80.9 Å². The maximum Gasteiger partial charge on any atom is 0.229 e. The highest BCUT2D eigenvalue weighted by molar-refractivity contribution is 7.80. The van der Waals surface area contributed by atoms with Crippen LogP contribution >= 0.6 is 12.2 Å². The highest BCUT2D eigenvalue weighted by Gasteiger charge is 2.20. The Kier molecular flexibility index (Phi) is 6.74. The Morgan fingerprint density at radius 2 is 1.67 bits per heavy atom. The zero-order valence-corrected chi connectivity index (χ0v) is 19.7. The predicted molar refractivity (Wildman–Crippen MR) is 136 cm³/mol. The average molecular weight is 459 g/mol. The van der Waals surface area contributed by atoms with Gasteiger partial charge in [0.2, 0.25) is 17.0 Å².